The van der Waals surface area contributed by atoms with Crippen LogP contribution in [-0.4, -0.2) is 41.6 Å². The van der Waals surface area contributed by atoms with Gasteiger partial charge in [-0.3, -0.25) is 4.79 Å². The van der Waals surface area contributed by atoms with Crippen LogP contribution in [0.3, 0.4) is 0 Å². The number of carbonyl (C=O) groups excluding carboxylic acids is 1. The van der Waals surface area contributed by atoms with Crippen molar-refractivity contribution < 1.29 is 14.3 Å². The maximum absolute atomic E-state index is 13.4. The minimum absolute atomic E-state index is 0.0795. The van der Waals surface area contributed by atoms with Crippen molar-refractivity contribution in [1.29, 1.82) is 0 Å². The van der Waals surface area contributed by atoms with E-state index in [9.17, 15) is 14.3 Å². The molecular formula is C16H21FN2O2. The highest BCUT2D eigenvalue weighted by atomic mass is 19.1. The highest BCUT2D eigenvalue weighted by Gasteiger charge is 2.35. The monoisotopic (exact) mass is 292 g/mol. The van der Waals surface area contributed by atoms with Crippen LogP contribution in [0, 0.1) is 11.7 Å². The Balaban J connectivity index is 1.76. The molecule has 0 aromatic heterocycles. The maximum Gasteiger partial charge on any atom is 0.257 e. The summed E-state index contributed by atoms with van der Waals surface area (Å²) in [5, 5.41) is 13.2. The number of nitrogens with one attached hydrogen (secondary N) is 1. The number of hydrogen-bond acceptors (Lipinski definition) is 3. The van der Waals surface area contributed by atoms with Crippen molar-refractivity contribution in [2.45, 2.75) is 31.7 Å². The van der Waals surface area contributed by atoms with Gasteiger partial charge in [-0.05, 0) is 62.9 Å². The van der Waals surface area contributed by atoms with Gasteiger partial charge in [0.05, 0.1) is 5.56 Å². The van der Waals surface area contributed by atoms with E-state index in [1.807, 2.05) is 4.90 Å². The van der Waals surface area contributed by atoms with Crippen molar-refractivity contribution in [1.82, 2.24) is 10.2 Å². The lowest BCUT2D eigenvalue weighted by atomic mass is 9.97. The highest BCUT2D eigenvalue weighted by Crippen LogP contribution is 2.32. The Morgan fingerprint density at radius 1 is 1.29 bits per heavy atom. The molecule has 2 aliphatic rings. The van der Waals surface area contributed by atoms with E-state index in [0.717, 1.165) is 44.8 Å². The minimum Gasteiger partial charge on any atom is -0.507 e. The SMILES string of the molecule is O=C(c1cc(F)ccc1O)N(CC1CCNCC1)C1CC1. The number of aromatic hydroxyl groups is 1. The number of phenolic OH excluding ortho intramolecular Hbond substituents is 1. The number of benzene rings is 1. The molecule has 1 amide bonds. The van der Waals surface area contributed by atoms with Crippen molar-refractivity contribution in [3.05, 3.63) is 29.6 Å². The fraction of sp³-hybridized carbons (Fsp3) is 0.562. The summed E-state index contributed by atoms with van der Waals surface area (Å²) in [7, 11) is 0. The molecule has 4 nitrogen and oxygen atoms in total. The molecule has 0 atom stereocenters. The zero-order chi connectivity index (χ0) is 14.8. The molecule has 114 valence electrons. The summed E-state index contributed by atoms with van der Waals surface area (Å²) in [6.07, 6.45) is 4.14. The first-order chi connectivity index (χ1) is 10.1. The first kappa shape index (κ1) is 14.3. The molecule has 1 aliphatic heterocycles. The van der Waals surface area contributed by atoms with Crippen LogP contribution >= 0.6 is 0 Å². The van der Waals surface area contributed by atoms with E-state index in [4.69, 9.17) is 0 Å². The third-order valence-corrected chi connectivity index (χ3v) is 4.35. The van der Waals surface area contributed by atoms with Gasteiger partial charge in [-0.2, -0.15) is 0 Å². The number of halogens is 1. The van der Waals surface area contributed by atoms with Crippen molar-refractivity contribution >= 4 is 5.91 Å². The number of hydrogen-bond donors (Lipinski definition) is 2. The van der Waals surface area contributed by atoms with Gasteiger partial charge in [0, 0.05) is 12.6 Å². The van der Waals surface area contributed by atoms with Crippen LogP contribution in [0.25, 0.3) is 0 Å². The van der Waals surface area contributed by atoms with Crippen molar-refractivity contribution in [2.75, 3.05) is 19.6 Å². The summed E-state index contributed by atoms with van der Waals surface area (Å²) in [5.74, 6) is -0.384. The molecule has 0 unspecified atom stereocenters. The predicted molar refractivity (Wildman–Crippen MR) is 77.7 cm³/mol. The molecule has 0 spiro atoms. The van der Waals surface area contributed by atoms with E-state index in [2.05, 4.69) is 5.32 Å². The summed E-state index contributed by atoms with van der Waals surface area (Å²) in [5.41, 5.74) is 0.0795. The first-order valence-electron chi connectivity index (χ1n) is 7.65. The number of nitrogens with zero attached hydrogens (tertiary/aromatic N) is 1. The summed E-state index contributed by atoms with van der Waals surface area (Å²) in [4.78, 5) is 14.5. The normalized spacial score (nSPS) is 19.5. The largest absolute Gasteiger partial charge is 0.507 e. The minimum atomic E-state index is -0.492. The van der Waals surface area contributed by atoms with Crippen LogP contribution in [-0.2, 0) is 0 Å². The summed E-state index contributed by atoms with van der Waals surface area (Å²) in [6.45, 7) is 2.69. The Bertz CT molecular complexity index is 525. The first-order valence-corrected chi connectivity index (χ1v) is 7.65. The molecule has 21 heavy (non-hydrogen) atoms. The number of phenols is 1. The van der Waals surface area contributed by atoms with Gasteiger partial charge in [-0.15, -0.1) is 0 Å². The number of rotatable bonds is 4. The smallest absolute Gasteiger partial charge is 0.257 e. The van der Waals surface area contributed by atoms with Crippen molar-refractivity contribution in [2.24, 2.45) is 5.92 Å². The number of piperidine rings is 1. The average Bonchev–Trinajstić information content (AvgIpc) is 3.32. The molecule has 1 saturated carbocycles. The van der Waals surface area contributed by atoms with Gasteiger partial charge in [-0.25, -0.2) is 4.39 Å². The number of carbonyl (C=O) groups is 1. The Morgan fingerprint density at radius 2 is 2.00 bits per heavy atom. The lowest BCUT2D eigenvalue weighted by Crippen LogP contribution is -2.40. The Hall–Kier alpha value is -1.62. The Morgan fingerprint density at radius 3 is 2.67 bits per heavy atom. The van der Waals surface area contributed by atoms with E-state index in [0.29, 0.717) is 12.5 Å². The van der Waals surface area contributed by atoms with Gasteiger partial charge >= 0.3 is 0 Å². The van der Waals surface area contributed by atoms with E-state index in [-0.39, 0.29) is 23.3 Å². The predicted octanol–water partition coefficient (Wildman–Crippen LogP) is 2.14. The highest BCUT2D eigenvalue weighted by molar-refractivity contribution is 5.97. The second-order valence-corrected chi connectivity index (χ2v) is 6.04. The third kappa shape index (κ3) is 3.35. The van der Waals surface area contributed by atoms with Crippen LogP contribution < -0.4 is 5.32 Å². The maximum atomic E-state index is 13.4. The fourth-order valence-electron chi connectivity index (χ4n) is 2.96. The van der Waals surface area contributed by atoms with E-state index >= 15 is 0 Å². The quantitative estimate of drug-likeness (QED) is 0.894. The van der Waals surface area contributed by atoms with E-state index in [1.165, 1.54) is 12.1 Å². The van der Waals surface area contributed by atoms with Crippen LogP contribution in [0.2, 0.25) is 0 Å². The standard InChI is InChI=1S/C16H21FN2O2/c17-12-1-4-15(20)14(9-12)16(21)19(13-2-3-13)10-11-5-7-18-8-6-11/h1,4,9,11,13,18,20H,2-3,5-8,10H2. The lowest BCUT2D eigenvalue weighted by molar-refractivity contribution is 0.0698. The molecule has 2 N–H and O–H groups in total. The topological polar surface area (TPSA) is 52.6 Å². The van der Waals surface area contributed by atoms with Gasteiger partial charge in [0.1, 0.15) is 11.6 Å². The summed E-state index contributed by atoms with van der Waals surface area (Å²) < 4.78 is 13.4. The molecule has 1 aliphatic carbocycles. The summed E-state index contributed by atoms with van der Waals surface area (Å²) in [6, 6.07) is 3.81. The van der Waals surface area contributed by atoms with Gasteiger partial charge in [0.2, 0.25) is 0 Å². The van der Waals surface area contributed by atoms with Gasteiger partial charge < -0.3 is 15.3 Å². The van der Waals surface area contributed by atoms with Gasteiger partial charge in [-0.1, -0.05) is 0 Å². The molecular weight excluding hydrogens is 271 g/mol. The second kappa shape index (κ2) is 6.02. The van der Waals surface area contributed by atoms with Crippen LogP contribution in [0.15, 0.2) is 18.2 Å². The van der Waals surface area contributed by atoms with Gasteiger partial charge in [0.15, 0.2) is 0 Å². The van der Waals surface area contributed by atoms with E-state index in [1.54, 1.807) is 0 Å². The molecule has 1 aromatic carbocycles. The zero-order valence-electron chi connectivity index (χ0n) is 12.0. The zero-order valence-corrected chi connectivity index (χ0v) is 12.0. The molecule has 1 heterocycles. The van der Waals surface area contributed by atoms with Crippen LogP contribution in [0.4, 0.5) is 4.39 Å². The van der Waals surface area contributed by atoms with Crippen LogP contribution in [0.1, 0.15) is 36.0 Å². The third-order valence-electron chi connectivity index (χ3n) is 4.35. The lowest BCUT2D eigenvalue weighted by Gasteiger charge is -2.30. The molecule has 0 radical (unpaired) electrons. The second-order valence-electron chi connectivity index (χ2n) is 6.04. The Kier molecular flexibility index (Phi) is 4.10. The molecule has 1 saturated heterocycles. The average molecular weight is 292 g/mol. The van der Waals surface area contributed by atoms with Gasteiger partial charge in [0.25, 0.3) is 5.91 Å². The molecule has 0 bridgehead atoms. The van der Waals surface area contributed by atoms with Crippen molar-refractivity contribution in [3.63, 3.8) is 0 Å². The van der Waals surface area contributed by atoms with E-state index < -0.39 is 5.82 Å². The summed E-state index contributed by atoms with van der Waals surface area (Å²) >= 11 is 0. The molecule has 3 rings (SSSR count). The van der Waals surface area contributed by atoms with Crippen LogP contribution in [0.5, 0.6) is 5.75 Å². The fourth-order valence-corrected chi connectivity index (χ4v) is 2.96. The molecule has 5 heteroatoms. The molecule has 1 aromatic rings. The molecule has 2 fully saturated rings. The number of amides is 1. The van der Waals surface area contributed by atoms with Crippen molar-refractivity contribution in [3.8, 4) is 5.75 Å². The Labute approximate surface area is 124 Å².